The summed E-state index contributed by atoms with van der Waals surface area (Å²) in [6.45, 7) is 0. The number of hydrogen-bond acceptors (Lipinski definition) is 4. The summed E-state index contributed by atoms with van der Waals surface area (Å²) >= 11 is 0.904. The summed E-state index contributed by atoms with van der Waals surface area (Å²) in [6.07, 6.45) is -5.25. The third-order valence-electron chi connectivity index (χ3n) is 1.12. The Bertz CT molecular complexity index is 257. The number of nitrogens with two attached hydrogens (primary N) is 1. The highest BCUT2D eigenvalue weighted by atomic mass is 32.1. The normalized spacial score (nSPS) is 11.9. The zero-order valence-electron chi connectivity index (χ0n) is 5.93. The second-order valence-corrected chi connectivity index (χ2v) is 2.95. The van der Waals surface area contributed by atoms with Crippen molar-refractivity contribution >= 4 is 16.7 Å². The number of nitrogens with zero attached hydrogens (tertiary/aromatic N) is 2. The van der Waals surface area contributed by atoms with Gasteiger partial charge in [0.25, 0.3) is 0 Å². The van der Waals surface area contributed by atoms with Crippen LogP contribution in [0.5, 0.6) is 0 Å². The van der Waals surface area contributed by atoms with Crippen molar-refractivity contribution < 1.29 is 13.2 Å². The van der Waals surface area contributed by atoms with Crippen molar-refractivity contribution in [3.63, 3.8) is 0 Å². The van der Waals surface area contributed by atoms with Gasteiger partial charge in [-0.1, -0.05) is 0 Å². The standard InChI is InChI=1S/C5H6F3N3S/c6-5(7,8)2-1-3-10-4(9)12-11-3/h1-2H2,(H2,9,10,11). The molecule has 12 heavy (non-hydrogen) atoms. The molecule has 2 N–H and O–H groups in total. The maximum atomic E-state index is 11.7. The predicted molar refractivity (Wildman–Crippen MR) is 38.7 cm³/mol. The van der Waals surface area contributed by atoms with Crippen LogP contribution in [0.1, 0.15) is 12.2 Å². The molecule has 1 heterocycles. The molecule has 0 saturated carbocycles. The molecule has 0 atom stereocenters. The maximum absolute atomic E-state index is 11.7. The Kier molecular flexibility index (Phi) is 2.51. The second kappa shape index (κ2) is 3.26. The van der Waals surface area contributed by atoms with Crippen molar-refractivity contribution in [3.05, 3.63) is 5.82 Å². The van der Waals surface area contributed by atoms with E-state index >= 15 is 0 Å². The Morgan fingerprint density at radius 3 is 2.50 bits per heavy atom. The molecule has 3 nitrogen and oxygen atoms in total. The number of alkyl halides is 3. The van der Waals surface area contributed by atoms with E-state index < -0.39 is 12.6 Å². The van der Waals surface area contributed by atoms with Crippen molar-refractivity contribution in [1.29, 1.82) is 0 Å². The van der Waals surface area contributed by atoms with E-state index in [0.717, 1.165) is 11.5 Å². The van der Waals surface area contributed by atoms with E-state index in [4.69, 9.17) is 5.73 Å². The van der Waals surface area contributed by atoms with Crippen molar-refractivity contribution in [2.75, 3.05) is 5.73 Å². The van der Waals surface area contributed by atoms with Crippen LogP contribution in [0.3, 0.4) is 0 Å². The van der Waals surface area contributed by atoms with Crippen LogP contribution in [0, 0.1) is 0 Å². The fraction of sp³-hybridized carbons (Fsp3) is 0.600. The van der Waals surface area contributed by atoms with E-state index in [1.165, 1.54) is 0 Å². The van der Waals surface area contributed by atoms with Crippen molar-refractivity contribution in [1.82, 2.24) is 9.36 Å². The van der Waals surface area contributed by atoms with Crippen LogP contribution >= 0.6 is 11.5 Å². The third kappa shape index (κ3) is 3.04. The Labute approximate surface area is 70.6 Å². The summed E-state index contributed by atoms with van der Waals surface area (Å²) in [6, 6.07) is 0. The van der Waals surface area contributed by atoms with Crippen molar-refractivity contribution in [2.45, 2.75) is 19.0 Å². The third-order valence-corrected chi connectivity index (χ3v) is 1.70. The first-order chi connectivity index (χ1) is 5.47. The van der Waals surface area contributed by atoms with Gasteiger partial charge in [0, 0.05) is 18.0 Å². The first kappa shape index (κ1) is 9.24. The number of anilines is 1. The van der Waals surface area contributed by atoms with Gasteiger partial charge in [0.1, 0.15) is 5.82 Å². The first-order valence-corrected chi connectivity index (χ1v) is 3.89. The average Bonchev–Trinajstić information content (AvgIpc) is 2.30. The Morgan fingerprint density at radius 2 is 2.08 bits per heavy atom. The zero-order valence-corrected chi connectivity index (χ0v) is 6.74. The van der Waals surface area contributed by atoms with Crippen LogP contribution in [0.4, 0.5) is 18.3 Å². The second-order valence-electron chi connectivity index (χ2n) is 2.16. The Morgan fingerprint density at radius 1 is 1.42 bits per heavy atom. The van der Waals surface area contributed by atoms with E-state index in [-0.39, 0.29) is 17.4 Å². The summed E-state index contributed by atoms with van der Waals surface area (Å²) in [5.41, 5.74) is 5.18. The van der Waals surface area contributed by atoms with E-state index in [1.807, 2.05) is 0 Å². The largest absolute Gasteiger partial charge is 0.389 e. The first-order valence-electron chi connectivity index (χ1n) is 3.12. The maximum Gasteiger partial charge on any atom is 0.389 e. The summed E-state index contributed by atoms with van der Waals surface area (Å²) in [5.74, 6) is 0.162. The molecule has 0 aliphatic rings. The Hall–Kier alpha value is -0.850. The highest BCUT2D eigenvalue weighted by Gasteiger charge is 2.27. The number of aromatic nitrogens is 2. The van der Waals surface area contributed by atoms with Gasteiger partial charge in [-0.15, -0.1) is 0 Å². The lowest BCUT2D eigenvalue weighted by Crippen LogP contribution is -2.09. The highest BCUT2D eigenvalue weighted by molar-refractivity contribution is 7.09. The van der Waals surface area contributed by atoms with E-state index in [9.17, 15) is 13.2 Å². The summed E-state index contributed by atoms with van der Waals surface area (Å²) in [7, 11) is 0. The molecular formula is C5H6F3N3S. The topological polar surface area (TPSA) is 51.8 Å². The Balaban J connectivity index is 2.44. The van der Waals surface area contributed by atoms with Crippen LogP contribution in [0.2, 0.25) is 0 Å². The smallest absolute Gasteiger partial charge is 0.374 e. The van der Waals surface area contributed by atoms with Gasteiger partial charge in [-0.25, -0.2) is 4.98 Å². The van der Waals surface area contributed by atoms with Crippen molar-refractivity contribution in [3.8, 4) is 0 Å². The van der Waals surface area contributed by atoms with Gasteiger partial charge in [-0.05, 0) is 0 Å². The SMILES string of the molecule is Nc1nc(CCC(F)(F)F)ns1. The highest BCUT2D eigenvalue weighted by Crippen LogP contribution is 2.21. The minimum Gasteiger partial charge on any atom is -0.374 e. The number of nitrogen functional groups attached to an aromatic ring is 1. The van der Waals surface area contributed by atoms with Crippen LogP contribution in [0.25, 0.3) is 0 Å². The van der Waals surface area contributed by atoms with Gasteiger partial charge in [0.2, 0.25) is 0 Å². The van der Waals surface area contributed by atoms with E-state index in [1.54, 1.807) is 0 Å². The summed E-state index contributed by atoms with van der Waals surface area (Å²) in [4.78, 5) is 3.60. The van der Waals surface area contributed by atoms with Crippen LogP contribution in [-0.4, -0.2) is 15.5 Å². The molecule has 0 spiro atoms. The fourth-order valence-corrected chi connectivity index (χ4v) is 1.10. The number of rotatable bonds is 2. The molecular weight excluding hydrogens is 191 g/mol. The predicted octanol–water partition coefficient (Wildman–Crippen LogP) is 1.62. The molecule has 0 aromatic carbocycles. The van der Waals surface area contributed by atoms with Gasteiger partial charge in [0.15, 0.2) is 5.13 Å². The van der Waals surface area contributed by atoms with Gasteiger partial charge in [0.05, 0.1) is 6.42 Å². The molecule has 1 aromatic rings. The lowest BCUT2D eigenvalue weighted by molar-refractivity contribution is -0.134. The monoisotopic (exact) mass is 197 g/mol. The molecule has 68 valence electrons. The molecule has 0 fully saturated rings. The van der Waals surface area contributed by atoms with Gasteiger partial charge < -0.3 is 5.73 Å². The van der Waals surface area contributed by atoms with Crippen LogP contribution in [0.15, 0.2) is 0 Å². The molecule has 0 aliphatic heterocycles. The van der Waals surface area contributed by atoms with Crippen LogP contribution in [-0.2, 0) is 6.42 Å². The summed E-state index contributed by atoms with van der Waals surface area (Å²) < 4.78 is 38.6. The molecule has 0 radical (unpaired) electrons. The van der Waals surface area contributed by atoms with Crippen molar-refractivity contribution in [2.24, 2.45) is 0 Å². The molecule has 0 unspecified atom stereocenters. The van der Waals surface area contributed by atoms with Gasteiger partial charge in [-0.3, -0.25) is 0 Å². The van der Waals surface area contributed by atoms with E-state index in [0.29, 0.717) is 0 Å². The number of aryl methyl sites for hydroxylation is 1. The average molecular weight is 197 g/mol. The lowest BCUT2D eigenvalue weighted by Gasteiger charge is -2.02. The molecule has 0 aliphatic carbocycles. The van der Waals surface area contributed by atoms with E-state index in [2.05, 4.69) is 9.36 Å². The summed E-state index contributed by atoms with van der Waals surface area (Å²) in [5, 5.41) is 0.201. The lowest BCUT2D eigenvalue weighted by atomic mass is 10.3. The molecule has 0 amide bonds. The van der Waals surface area contributed by atoms with Crippen LogP contribution < -0.4 is 5.73 Å². The zero-order chi connectivity index (χ0) is 9.19. The minimum absolute atomic E-state index is 0.162. The number of halogens is 3. The quantitative estimate of drug-likeness (QED) is 0.783. The number of hydrogen-bond donors (Lipinski definition) is 1. The molecule has 7 heteroatoms. The molecule has 0 bridgehead atoms. The molecule has 0 saturated heterocycles. The fourth-order valence-electron chi connectivity index (χ4n) is 0.623. The molecule has 1 aromatic heterocycles. The van der Waals surface area contributed by atoms with Gasteiger partial charge >= 0.3 is 6.18 Å². The molecule has 1 rings (SSSR count). The minimum atomic E-state index is -4.15. The van der Waals surface area contributed by atoms with Gasteiger partial charge in [-0.2, -0.15) is 17.5 Å².